The van der Waals surface area contributed by atoms with E-state index in [1.165, 1.54) is 18.4 Å². The molecule has 0 N–H and O–H groups in total. The van der Waals surface area contributed by atoms with E-state index in [4.69, 9.17) is 0 Å². The number of nitriles is 1. The first-order valence-corrected chi connectivity index (χ1v) is 10.2. The number of rotatable bonds is 1. The standard InChI is InChI=1S/C23H31NO/c1-5-15-11-16-12-17(25)6-7-18(16)19-8-9-22(3)20(21(15)19)10-14(2)23(22,4)13-24/h12,15,18-21H,2,5-11H2,1,3-4H3/t15-,18-,19+,20-,21+,22-,23-/m0/s1. The maximum absolute atomic E-state index is 11.9. The van der Waals surface area contributed by atoms with Crippen LogP contribution in [0.15, 0.2) is 23.8 Å². The Morgan fingerprint density at radius 2 is 2.08 bits per heavy atom. The smallest absolute Gasteiger partial charge is 0.155 e. The number of ketones is 1. The van der Waals surface area contributed by atoms with E-state index >= 15 is 0 Å². The van der Waals surface area contributed by atoms with Crippen molar-refractivity contribution < 1.29 is 4.79 Å². The average Bonchev–Trinajstić information content (AvgIpc) is 2.81. The largest absolute Gasteiger partial charge is 0.295 e. The van der Waals surface area contributed by atoms with Gasteiger partial charge in [-0.25, -0.2) is 0 Å². The van der Waals surface area contributed by atoms with Gasteiger partial charge in [0.2, 0.25) is 0 Å². The second kappa shape index (κ2) is 5.57. The summed E-state index contributed by atoms with van der Waals surface area (Å²) in [6, 6.07) is 2.66. The third kappa shape index (κ3) is 2.11. The molecule has 4 aliphatic rings. The quantitative estimate of drug-likeness (QED) is 0.596. The lowest BCUT2D eigenvalue weighted by Gasteiger charge is -2.57. The minimum atomic E-state index is -0.375. The summed E-state index contributed by atoms with van der Waals surface area (Å²) in [5.74, 6) is 3.63. The molecule has 0 aromatic carbocycles. The Balaban J connectivity index is 1.75. The van der Waals surface area contributed by atoms with Crippen LogP contribution in [0, 0.1) is 51.8 Å². The summed E-state index contributed by atoms with van der Waals surface area (Å²) in [7, 11) is 0. The number of hydrogen-bond donors (Lipinski definition) is 0. The maximum Gasteiger partial charge on any atom is 0.155 e. The lowest BCUT2D eigenvalue weighted by molar-refractivity contribution is -0.116. The Morgan fingerprint density at radius 1 is 1.32 bits per heavy atom. The van der Waals surface area contributed by atoms with E-state index in [1.807, 2.05) is 6.08 Å². The van der Waals surface area contributed by atoms with Gasteiger partial charge < -0.3 is 0 Å². The van der Waals surface area contributed by atoms with Crippen LogP contribution in [-0.4, -0.2) is 5.78 Å². The molecule has 0 saturated heterocycles. The molecular weight excluding hydrogens is 306 g/mol. The predicted octanol–water partition coefficient (Wildman–Crippen LogP) is 5.46. The van der Waals surface area contributed by atoms with E-state index in [2.05, 4.69) is 33.4 Å². The minimum absolute atomic E-state index is 0.0686. The average molecular weight is 338 g/mol. The highest BCUT2D eigenvalue weighted by Crippen LogP contribution is 2.69. The van der Waals surface area contributed by atoms with Gasteiger partial charge in [0.25, 0.3) is 0 Å². The SMILES string of the molecule is C=C1C[C@H]2[C@@H]3[C@@H](CC)CC4=CC(=O)CC[C@@H]4[C@H]3CC[C@]2(C)[C@@]1(C)C#N. The molecule has 0 bridgehead atoms. The van der Waals surface area contributed by atoms with Crippen LogP contribution in [0.1, 0.15) is 65.7 Å². The summed E-state index contributed by atoms with van der Waals surface area (Å²) in [6.45, 7) is 11.2. The molecule has 0 unspecified atom stereocenters. The van der Waals surface area contributed by atoms with Crippen LogP contribution >= 0.6 is 0 Å². The first kappa shape index (κ1) is 17.1. The summed E-state index contributed by atoms with van der Waals surface area (Å²) in [4.78, 5) is 11.9. The lowest BCUT2D eigenvalue weighted by atomic mass is 9.46. The highest BCUT2D eigenvalue weighted by Gasteiger charge is 2.64. The molecule has 4 aliphatic carbocycles. The van der Waals surface area contributed by atoms with Gasteiger partial charge in [-0.1, -0.05) is 38.0 Å². The van der Waals surface area contributed by atoms with Gasteiger partial charge in [-0.2, -0.15) is 5.26 Å². The fourth-order valence-electron chi connectivity index (χ4n) is 7.20. The van der Waals surface area contributed by atoms with Gasteiger partial charge in [0.1, 0.15) is 0 Å². The molecule has 2 nitrogen and oxygen atoms in total. The summed E-state index contributed by atoms with van der Waals surface area (Å²) in [5.41, 5.74) is 2.31. The molecule has 0 spiro atoms. The molecular formula is C23H31NO. The normalized spacial score (nSPS) is 48.9. The van der Waals surface area contributed by atoms with Crippen molar-refractivity contribution in [1.29, 1.82) is 5.26 Å². The number of nitrogens with zero attached hydrogens (tertiary/aromatic N) is 1. The zero-order valence-electron chi connectivity index (χ0n) is 16.0. The third-order valence-corrected chi connectivity index (χ3v) is 8.92. The van der Waals surface area contributed by atoms with Gasteiger partial charge in [-0.15, -0.1) is 0 Å². The fourth-order valence-corrected chi connectivity index (χ4v) is 7.20. The van der Waals surface area contributed by atoms with E-state index in [1.54, 1.807) is 0 Å². The Kier molecular flexibility index (Phi) is 3.80. The molecule has 0 amide bonds. The van der Waals surface area contributed by atoms with Crippen molar-refractivity contribution in [3.05, 3.63) is 23.8 Å². The van der Waals surface area contributed by atoms with Gasteiger partial charge in [-0.05, 0) is 80.1 Å². The van der Waals surface area contributed by atoms with Gasteiger partial charge in [0.05, 0.1) is 11.5 Å². The monoisotopic (exact) mass is 337 g/mol. The van der Waals surface area contributed by atoms with Crippen LogP contribution in [-0.2, 0) is 4.79 Å². The number of fused-ring (bicyclic) bond motifs is 5. The molecule has 2 heteroatoms. The van der Waals surface area contributed by atoms with Crippen LogP contribution in [0.4, 0.5) is 0 Å². The molecule has 3 fully saturated rings. The predicted molar refractivity (Wildman–Crippen MR) is 99.5 cm³/mol. The van der Waals surface area contributed by atoms with Gasteiger partial charge >= 0.3 is 0 Å². The number of hydrogen-bond acceptors (Lipinski definition) is 2. The topological polar surface area (TPSA) is 40.9 Å². The van der Waals surface area contributed by atoms with Crippen LogP contribution < -0.4 is 0 Å². The minimum Gasteiger partial charge on any atom is -0.295 e. The molecule has 0 aliphatic heterocycles. The van der Waals surface area contributed by atoms with Crippen molar-refractivity contribution in [1.82, 2.24) is 0 Å². The van der Waals surface area contributed by atoms with Crippen LogP contribution in [0.25, 0.3) is 0 Å². The van der Waals surface area contributed by atoms with E-state index in [9.17, 15) is 10.1 Å². The molecule has 7 atom stereocenters. The number of carbonyl (C=O) groups is 1. The Bertz CT molecular complexity index is 697. The molecule has 0 heterocycles. The zero-order valence-corrected chi connectivity index (χ0v) is 16.0. The van der Waals surface area contributed by atoms with E-state index < -0.39 is 0 Å². The first-order valence-electron chi connectivity index (χ1n) is 10.2. The highest BCUT2D eigenvalue weighted by atomic mass is 16.1. The van der Waals surface area contributed by atoms with Crippen LogP contribution in [0.3, 0.4) is 0 Å². The molecule has 0 aromatic rings. The molecule has 134 valence electrons. The third-order valence-electron chi connectivity index (χ3n) is 8.92. The van der Waals surface area contributed by atoms with Gasteiger partial charge in [0.15, 0.2) is 5.78 Å². The van der Waals surface area contributed by atoms with Crippen LogP contribution in [0.2, 0.25) is 0 Å². The van der Waals surface area contributed by atoms with Crippen molar-refractivity contribution in [3.63, 3.8) is 0 Å². The van der Waals surface area contributed by atoms with E-state index in [-0.39, 0.29) is 10.8 Å². The van der Waals surface area contributed by atoms with Crippen molar-refractivity contribution in [2.24, 2.45) is 40.4 Å². The Morgan fingerprint density at radius 3 is 2.76 bits per heavy atom. The number of allylic oxidation sites excluding steroid dienone is 2. The molecule has 25 heavy (non-hydrogen) atoms. The van der Waals surface area contributed by atoms with E-state index in [0.717, 1.165) is 37.7 Å². The Hall–Kier alpha value is -1.36. The fraction of sp³-hybridized carbons (Fsp3) is 0.739. The number of carbonyl (C=O) groups excluding carboxylic acids is 1. The molecule has 0 radical (unpaired) electrons. The molecule has 4 rings (SSSR count). The second-order valence-electron chi connectivity index (χ2n) is 9.55. The van der Waals surface area contributed by atoms with Crippen molar-refractivity contribution >= 4 is 5.78 Å². The highest BCUT2D eigenvalue weighted by molar-refractivity contribution is 5.91. The summed E-state index contributed by atoms with van der Waals surface area (Å²) in [6.07, 6.45) is 9.46. The van der Waals surface area contributed by atoms with Crippen LogP contribution in [0.5, 0.6) is 0 Å². The summed E-state index contributed by atoms with van der Waals surface area (Å²) < 4.78 is 0. The zero-order chi connectivity index (χ0) is 18.0. The second-order valence-corrected chi connectivity index (χ2v) is 9.55. The van der Waals surface area contributed by atoms with Crippen molar-refractivity contribution in [2.75, 3.05) is 0 Å². The molecule has 3 saturated carbocycles. The Labute approximate surface area is 152 Å². The van der Waals surface area contributed by atoms with Gasteiger partial charge in [-0.3, -0.25) is 4.79 Å². The molecule has 0 aromatic heterocycles. The van der Waals surface area contributed by atoms with Gasteiger partial charge in [0, 0.05) is 6.42 Å². The lowest BCUT2D eigenvalue weighted by Crippen LogP contribution is -2.51. The van der Waals surface area contributed by atoms with E-state index in [0.29, 0.717) is 35.4 Å². The summed E-state index contributed by atoms with van der Waals surface area (Å²) in [5, 5.41) is 9.98. The first-order chi connectivity index (χ1) is 11.9. The summed E-state index contributed by atoms with van der Waals surface area (Å²) >= 11 is 0. The van der Waals surface area contributed by atoms with Crippen molar-refractivity contribution in [2.45, 2.75) is 65.7 Å². The van der Waals surface area contributed by atoms with Crippen molar-refractivity contribution in [3.8, 4) is 6.07 Å². The maximum atomic E-state index is 11.9.